The van der Waals surface area contributed by atoms with Gasteiger partial charge in [0.25, 0.3) is 5.69 Å². The first-order chi connectivity index (χ1) is 12.0. The Morgan fingerprint density at radius 3 is 2.00 bits per heavy atom. The maximum atomic E-state index is 12.4. The summed E-state index contributed by atoms with van der Waals surface area (Å²) in [4.78, 5) is 22.6. The van der Waals surface area contributed by atoms with Crippen molar-refractivity contribution >= 4 is 11.7 Å². The van der Waals surface area contributed by atoms with E-state index in [1.807, 2.05) is 13.8 Å². The molecule has 0 radical (unpaired) electrons. The first-order valence-corrected chi connectivity index (χ1v) is 9.46. The molecule has 4 saturated carbocycles. The van der Waals surface area contributed by atoms with E-state index in [1.54, 1.807) is 12.1 Å². The average Bonchev–Trinajstić information content (AvgIpc) is 2.55. The molecule has 4 aliphatic rings. The number of hydrogen-bond donors (Lipinski definition) is 0. The van der Waals surface area contributed by atoms with Crippen LogP contribution in [0.15, 0.2) is 24.3 Å². The van der Waals surface area contributed by atoms with Gasteiger partial charge in [-0.3, -0.25) is 14.9 Å². The van der Waals surface area contributed by atoms with E-state index in [2.05, 4.69) is 0 Å². The van der Waals surface area contributed by atoms with Crippen molar-refractivity contribution in [1.29, 1.82) is 0 Å². The van der Waals surface area contributed by atoms with E-state index in [1.165, 1.54) is 31.4 Å². The molecule has 0 saturated heterocycles. The van der Waals surface area contributed by atoms with Gasteiger partial charge in [-0.25, -0.2) is 0 Å². The number of esters is 1. The molecule has 0 spiro atoms. The fourth-order valence-corrected chi connectivity index (χ4v) is 5.34. The molecule has 4 fully saturated rings. The topological polar surface area (TPSA) is 69.4 Å². The van der Waals surface area contributed by atoms with Crippen LogP contribution < -0.4 is 0 Å². The minimum absolute atomic E-state index is 0.0446. The minimum Gasteiger partial charge on any atom is -0.459 e. The Bertz CT molecular complexity index is 602. The summed E-state index contributed by atoms with van der Waals surface area (Å²) >= 11 is 0. The summed E-state index contributed by atoms with van der Waals surface area (Å²) in [5.41, 5.74) is 0.598. The maximum Gasteiger partial charge on any atom is 0.310 e. The standard InChI is InChI=1S/C18H21NO4.C2H6/c20-17(8-12-1-3-16(4-2-12)19(21)22)23-18-9-13-5-14(10-18)7-15(6-13)11-18;1-2/h1-4,13-15H,5-11H2;1-2H3. The SMILES string of the molecule is CC.O=C(Cc1ccc([N+](=O)[O-])cc1)OC12CC3CC(CC(C3)C1)C2. The van der Waals surface area contributed by atoms with Gasteiger partial charge in [-0.1, -0.05) is 26.0 Å². The van der Waals surface area contributed by atoms with Crippen molar-refractivity contribution in [3.8, 4) is 0 Å². The average molecular weight is 345 g/mol. The molecule has 0 heterocycles. The van der Waals surface area contributed by atoms with Crippen LogP contribution in [-0.4, -0.2) is 16.5 Å². The second-order valence-electron chi connectivity index (χ2n) is 7.67. The lowest BCUT2D eigenvalue weighted by Crippen LogP contribution is -2.52. The van der Waals surface area contributed by atoms with Crippen LogP contribution in [0, 0.1) is 27.9 Å². The van der Waals surface area contributed by atoms with Gasteiger partial charge >= 0.3 is 5.97 Å². The highest BCUT2D eigenvalue weighted by Gasteiger charge is 2.53. The Hall–Kier alpha value is -1.91. The van der Waals surface area contributed by atoms with Gasteiger partial charge in [0.15, 0.2) is 0 Å². The Morgan fingerprint density at radius 1 is 1.08 bits per heavy atom. The first kappa shape index (κ1) is 17.9. The maximum absolute atomic E-state index is 12.4. The third-order valence-corrected chi connectivity index (χ3v) is 5.81. The Balaban J connectivity index is 0.000000880. The van der Waals surface area contributed by atoms with Crippen LogP contribution in [0.3, 0.4) is 0 Å². The summed E-state index contributed by atoms with van der Waals surface area (Å²) in [6.07, 6.45) is 7.25. The number of carbonyl (C=O) groups is 1. The van der Waals surface area contributed by atoms with Gasteiger partial charge in [-0.05, 0) is 61.8 Å². The van der Waals surface area contributed by atoms with Crippen LogP contribution >= 0.6 is 0 Å². The van der Waals surface area contributed by atoms with Crippen LogP contribution in [0.2, 0.25) is 0 Å². The van der Waals surface area contributed by atoms with E-state index in [0.717, 1.165) is 42.6 Å². The Kier molecular flexibility index (Phi) is 5.11. The van der Waals surface area contributed by atoms with Gasteiger partial charge in [0.1, 0.15) is 5.60 Å². The molecule has 0 aromatic heterocycles. The van der Waals surface area contributed by atoms with Crippen LogP contribution in [0.1, 0.15) is 57.9 Å². The van der Waals surface area contributed by atoms with Crippen molar-refractivity contribution in [3.05, 3.63) is 39.9 Å². The molecule has 1 aromatic rings. The number of rotatable bonds is 4. The van der Waals surface area contributed by atoms with Crippen molar-refractivity contribution in [2.45, 2.75) is 64.4 Å². The molecule has 4 aliphatic carbocycles. The lowest BCUT2D eigenvalue weighted by atomic mass is 9.54. The van der Waals surface area contributed by atoms with Gasteiger partial charge in [-0.2, -0.15) is 0 Å². The van der Waals surface area contributed by atoms with E-state index in [-0.39, 0.29) is 23.7 Å². The van der Waals surface area contributed by atoms with Gasteiger partial charge in [-0.15, -0.1) is 0 Å². The second kappa shape index (κ2) is 7.14. The van der Waals surface area contributed by atoms with Crippen molar-refractivity contribution < 1.29 is 14.5 Å². The molecule has 0 aliphatic heterocycles. The zero-order valence-electron chi connectivity index (χ0n) is 15.1. The molecule has 0 unspecified atom stereocenters. The number of ether oxygens (including phenoxy) is 1. The lowest BCUT2D eigenvalue weighted by Gasteiger charge is -2.55. The largest absolute Gasteiger partial charge is 0.459 e. The number of nitro groups is 1. The van der Waals surface area contributed by atoms with Crippen molar-refractivity contribution in [2.75, 3.05) is 0 Å². The van der Waals surface area contributed by atoms with Crippen molar-refractivity contribution in [3.63, 3.8) is 0 Å². The molecule has 5 nitrogen and oxygen atoms in total. The van der Waals surface area contributed by atoms with Gasteiger partial charge in [0.05, 0.1) is 11.3 Å². The second-order valence-corrected chi connectivity index (χ2v) is 7.67. The molecule has 5 rings (SSSR count). The van der Waals surface area contributed by atoms with Crippen LogP contribution in [0.4, 0.5) is 5.69 Å². The molecule has 25 heavy (non-hydrogen) atoms. The molecular weight excluding hydrogens is 318 g/mol. The Morgan fingerprint density at radius 2 is 1.56 bits per heavy atom. The highest BCUT2D eigenvalue weighted by Crippen LogP contribution is 2.57. The Labute approximate surface area is 148 Å². The predicted octanol–water partition coefficient (Wildman–Crippen LogP) is 4.68. The normalized spacial score (nSPS) is 31.8. The predicted molar refractivity (Wildman–Crippen MR) is 95.1 cm³/mol. The highest BCUT2D eigenvalue weighted by atomic mass is 16.6. The summed E-state index contributed by atoms with van der Waals surface area (Å²) < 4.78 is 5.96. The van der Waals surface area contributed by atoms with Gasteiger partial charge in [0.2, 0.25) is 0 Å². The fourth-order valence-electron chi connectivity index (χ4n) is 5.34. The molecule has 0 atom stereocenters. The van der Waals surface area contributed by atoms with Crippen molar-refractivity contribution in [2.24, 2.45) is 17.8 Å². The van der Waals surface area contributed by atoms with Crippen molar-refractivity contribution in [1.82, 2.24) is 0 Å². The zero-order chi connectivity index (χ0) is 18.0. The first-order valence-electron chi connectivity index (χ1n) is 9.46. The monoisotopic (exact) mass is 345 g/mol. The number of carbonyl (C=O) groups excluding carboxylic acids is 1. The van der Waals surface area contributed by atoms with E-state index in [0.29, 0.717) is 0 Å². The smallest absolute Gasteiger partial charge is 0.310 e. The number of benzene rings is 1. The van der Waals surface area contributed by atoms with Crippen LogP contribution in [0.5, 0.6) is 0 Å². The summed E-state index contributed by atoms with van der Waals surface area (Å²) in [7, 11) is 0. The minimum atomic E-state index is -0.433. The number of non-ortho nitro benzene ring substituents is 1. The lowest BCUT2D eigenvalue weighted by molar-refractivity contribution is -0.384. The third kappa shape index (κ3) is 3.86. The third-order valence-electron chi connectivity index (χ3n) is 5.81. The van der Waals surface area contributed by atoms with E-state index < -0.39 is 4.92 Å². The summed E-state index contributed by atoms with van der Waals surface area (Å²) in [6.45, 7) is 4.00. The number of nitrogens with zero attached hydrogens (tertiary/aromatic N) is 1. The summed E-state index contributed by atoms with van der Waals surface area (Å²) in [5, 5.41) is 10.7. The highest BCUT2D eigenvalue weighted by molar-refractivity contribution is 5.73. The quantitative estimate of drug-likeness (QED) is 0.451. The molecule has 4 bridgehead atoms. The summed E-state index contributed by atoms with van der Waals surface area (Å²) in [6, 6.07) is 6.15. The van der Waals surface area contributed by atoms with Gasteiger partial charge in [0, 0.05) is 12.1 Å². The molecular formula is C20H27NO4. The molecule has 1 aromatic carbocycles. The van der Waals surface area contributed by atoms with E-state index in [4.69, 9.17) is 4.74 Å². The van der Waals surface area contributed by atoms with E-state index >= 15 is 0 Å². The molecule has 0 N–H and O–H groups in total. The van der Waals surface area contributed by atoms with Gasteiger partial charge < -0.3 is 4.74 Å². The zero-order valence-corrected chi connectivity index (χ0v) is 15.1. The molecule has 0 amide bonds. The molecule has 136 valence electrons. The van der Waals surface area contributed by atoms with Crippen LogP contribution in [0.25, 0.3) is 0 Å². The van der Waals surface area contributed by atoms with E-state index in [9.17, 15) is 14.9 Å². The number of hydrogen-bond acceptors (Lipinski definition) is 4. The molecule has 5 heteroatoms. The summed E-state index contributed by atoms with van der Waals surface area (Å²) in [5.74, 6) is 2.04. The van der Waals surface area contributed by atoms with Crippen LogP contribution in [-0.2, 0) is 16.0 Å². The fraction of sp³-hybridized carbons (Fsp3) is 0.650. The number of nitro benzene ring substituents is 1.